The summed E-state index contributed by atoms with van der Waals surface area (Å²) in [7, 11) is -1.59. The molecule has 12 nitrogen and oxygen atoms in total. The molecule has 2 unspecified atom stereocenters. The summed E-state index contributed by atoms with van der Waals surface area (Å²) in [5.41, 5.74) is 11.0. The van der Waals surface area contributed by atoms with Gasteiger partial charge in [-0.05, 0) is 110 Å². The van der Waals surface area contributed by atoms with Crippen molar-refractivity contribution in [1.82, 2.24) is 14.7 Å². The first-order chi connectivity index (χ1) is 26.0. The Hall–Kier alpha value is -3.77. The zero-order valence-corrected chi connectivity index (χ0v) is 32.8. The van der Waals surface area contributed by atoms with Crippen LogP contribution >= 0.6 is 33.9 Å². The van der Waals surface area contributed by atoms with Crippen LogP contribution in [-0.4, -0.2) is 49.1 Å². The van der Waals surface area contributed by atoms with Crippen LogP contribution in [0.25, 0.3) is 0 Å². The maximum atomic E-state index is 13.3. The number of sulfonamides is 1. The number of fused-ring (bicyclic) bond motifs is 2. The third-order valence-corrected chi connectivity index (χ3v) is 13.9. The molecule has 4 aliphatic carbocycles. The molecule has 5 N–H and O–H groups in total. The summed E-state index contributed by atoms with van der Waals surface area (Å²) in [5, 5.41) is 4.74. The molecule has 0 bridgehead atoms. The van der Waals surface area contributed by atoms with Crippen LogP contribution in [-0.2, 0) is 31.9 Å². The van der Waals surface area contributed by atoms with Gasteiger partial charge in [-0.25, -0.2) is 30.3 Å². The van der Waals surface area contributed by atoms with Crippen molar-refractivity contribution in [3.63, 3.8) is 0 Å². The number of nitrogens with zero attached hydrogens (tertiary/aromatic N) is 2. The van der Waals surface area contributed by atoms with Gasteiger partial charge in [-0.3, -0.25) is 19.6 Å². The first kappa shape index (κ1) is 40.9. The number of carbonyl (C=O) groups is 2. The van der Waals surface area contributed by atoms with Gasteiger partial charge < -0.3 is 16.4 Å². The number of halogens is 5. The highest BCUT2D eigenvalue weighted by Crippen LogP contribution is 2.37. The maximum Gasteiger partial charge on any atom is 0.257 e. The van der Waals surface area contributed by atoms with E-state index in [1.807, 2.05) is 0 Å². The number of carbonyl (C=O) groups excluding carboxylic acids is 2. The Bertz CT molecular complexity index is 2370. The molecule has 2 fully saturated rings. The molecule has 4 aromatic rings. The molecular formula is C36H35Cl3F2N6O6S2. The van der Waals surface area contributed by atoms with Crippen molar-refractivity contribution >= 4 is 76.1 Å². The molecule has 4 aliphatic rings. The topological polar surface area (TPSA) is 190 Å². The van der Waals surface area contributed by atoms with E-state index in [2.05, 4.69) is 25.3 Å². The normalized spacial score (nSPS) is 18.5. The number of benzene rings is 2. The number of amides is 2. The minimum atomic E-state index is -3.33. The van der Waals surface area contributed by atoms with Crippen molar-refractivity contribution < 1.29 is 35.2 Å². The lowest BCUT2D eigenvalue weighted by atomic mass is 10.1. The molecule has 2 atom stereocenters. The number of pyridine rings is 2. The van der Waals surface area contributed by atoms with Crippen molar-refractivity contribution in [2.24, 2.45) is 5.73 Å². The summed E-state index contributed by atoms with van der Waals surface area (Å²) in [6.45, 7) is 0. The summed E-state index contributed by atoms with van der Waals surface area (Å²) < 4.78 is 73.9. The van der Waals surface area contributed by atoms with E-state index in [0.29, 0.717) is 48.2 Å². The van der Waals surface area contributed by atoms with Gasteiger partial charge in [0.05, 0.1) is 31.7 Å². The predicted molar refractivity (Wildman–Crippen MR) is 206 cm³/mol. The summed E-state index contributed by atoms with van der Waals surface area (Å²) in [6, 6.07) is 7.53. The highest BCUT2D eigenvalue weighted by atomic mass is 35.7. The van der Waals surface area contributed by atoms with E-state index in [1.54, 1.807) is 12.4 Å². The van der Waals surface area contributed by atoms with Gasteiger partial charge in [0.1, 0.15) is 11.6 Å². The van der Waals surface area contributed by atoms with Crippen LogP contribution < -0.4 is 21.1 Å². The lowest BCUT2D eigenvalue weighted by Gasteiger charge is -2.14. The number of nitrogens with two attached hydrogens (primary N) is 1. The monoisotopic (exact) mass is 854 g/mol. The quantitative estimate of drug-likeness (QED) is 0.135. The first-order valence-corrected chi connectivity index (χ1v) is 21.9. The average molecular weight is 856 g/mol. The molecule has 0 radical (unpaired) electrons. The van der Waals surface area contributed by atoms with Gasteiger partial charge in [0, 0.05) is 58.9 Å². The number of anilines is 2. The van der Waals surface area contributed by atoms with E-state index in [1.165, 1.54) is 48.8 Å². The van der Waals surface area contributed by atoms with E-state index in [-0.39, 0.29) is 38.5 Å². The minimum absolute atomic E-state index is 0.0359. The van der Waals surface area contributed by atoms with E-state index in [9.17, 15) is 35.2 Å². The van der Waals surface area contributed by atoms with Crippen LogP contribution in [0.5, 0.6) is 0 Å². The lowest BCUT2D eigenvalue weighted by Crippen LogP contribution is -2.30. The largest absolute Gasteiger partial charge is 0.324 e. The fourth-order valence-corrected chi connectivity index (χ4v) is 9.35. The van der Waals surface area contributed by atoms with Crippen LogP contribution in [0.15, 0.2) is 61.2 Å². The fraction of sp³-hybridized carbons (Fsp3) is 0.333. The van der Waals surface area contributed by atoms with Crippen LogP contribution in [0.1, 0.15) is 93.6 Å². The number of nitrogens with one attached hydrogen (secondary N) is 3. The Morgan fingerprint density at radius 3 is 1.62 bits per heavy atom. The van der Waals surface area contributed by atoms with Crippen LogP contribution in [0.4, 0.5) is 20.2 Å². The molecular weight excluding hydrogens is 821 g/mol. The first-order valence-electron chi connectivity index (χ1n) is 17.2. The number of hydrogen-bond donors (Lipinski definition) is 4. The van der Waals surface area contributed by atoms with Gasteiger partial charge in [-0.15, -0.1) is 0 Å². The van der Waals surface area contributed by atoms with Crippen LogP contribution in [0.2, 0.25) is 10.0 Å². The fourth-order valence-electron chi connectivity index (χ4n) is 6.17. The molecule has 2 aromatic carbocycles. The van der Waals surface area contributed by atoms with Crippen molar-refractivity contribution in [2.75, 3.05) is 10.6 Å². The third kappa shape index (κ3) is 10.2. The zero-order valence-electron chi connectivity index (χ0n) is 28.9. The highest BCUT2D eigenvalue weighted by molar-refractivity contribution is 8.14. The second-order valence-electron chi connectivity index (χ2n) is 13.4. The molecule has 2 heterocycles. The molecule has 0 saturated heterocycles. The number of hydrogen-bond acceptors (Lipinski definition) is 9. The zero-order chi connectivity index (χ0) is 39.7. The van der Waals surface area contributed by atoms with Crippen molar-refractivity contribution in [1.29, 1.82) is 0 Å². The Labute approximate surface area is 331 Å². The maximum absolute atomic E-state index is 13.3. The van der Waals surface area contributed by atoms with E-state index < -0.39 is 36.6 Å². The SMILES string of the molecule is NC1CCc2c(C(=O)Nc3ccc(F)c(Cl)c3)cncc21.O=C(Nc1ccc(F)c(Cl)c1)c1cncc2c1CCC2NS(=O)(=O)C1CC1.O=S(=O)(Cl)C1CC1. The Kier molecular flexibility index (Phi) is 12.5. The summed E-state index contributed by atoms with van der Waals surface area (Å²) >= 11 is 11.4. The van der Waals surface area contributed by atoms with Gasteiger partial charge in [0.25, 0.3) is 11.8 Å². The lowest BCUT2D eigenvalue weighted by molar-refractivity contribution is 0.101. The minimum Gasteiger partial charge on any atom is -0.324 e. The smallest absolute Gasteiger partial charge is 0.257 e. The van der Waals surface area contributed by atoms with Gasteiger partial charge in [0.15, 0.2) is 0 Å². The number of aromatic nitrogens is 2. The molecule has 55 heavy (non-hydrogen) atoms. The molecule has 2 aromatic heterocycles. The second kappa shape index (κ2) is 16.8. The second-order valence-corrected chi connectivity index (χ2v) is 19.2. The standard InChI is InChI=1S/C18H17ClFN3O3S.C15H13ClFN3O.C3H5ClO2S/c19-15-7-10(1-5-16(15)20)22-18(24)14-9-21-8-13-12(14)4-6-17(13)23-27(25,26)11-2-3-11;16-12-5-8(1-3-13(12)17)20-15(21)11-7-19-6-10-9(11)2-4-14(10)18;4-7(5,6)3-1-2-3/h1,5,7-9,11,17,23H,2-4,6H2,(H,22,24);1,3,5-7,14H,2,4,18H2,(H,20,21);3H,1-2H2. The predicted octanol–water partition coefficient (Wildman–Crippen LogP) is 6.99. The Balaban J connectivity index is 0.000000162. The Morgan fingerprint density at radius 2 is 1.16 bits per heavy atom. The number of rotatable bonds is 8. The van der Waals surface area contributed by atoms with Gasteiger partial charge in [0.2, 0.25) is 19.1 Å². The van der Waals surface area contributed by atoms with E-state index >= 15 is 0 Å². The van der Waals surface area contributed by atoms with Gasteiger partial charge in [-0.1, -0.05) is 23.2 Å². The van der Waals surface area contributed by atoms with E-state index in [0.717, 1.165) is 47.9 Å². The average Bonchev–Trinajstić information content (AvgIpc) is 4.08. The molecule has 8 rings (SSSR count). The molecule has 19 heteroatoms. The van der Waals surface area contributed by atoms with Crippen molar-refractivity contribution in [3.8, 4) is 0 Å². The summed E-state index contributed by atoms with van der Waals surface area (Å²) in [6.07, 6.45) is 11.9. The van der Waals surface area contributed by atoms with Gasteiger partial charge in [-0.2, -0.15) is 0 Å². The molecule has 2 amide bonds. The molecule has 2 saturated carbocycles. The van der Waals surface area contributed by atoms with Crippen molar-refractivity contribution in [2.45, 2.75) is 74.0 Å². The molecule has 292 valence electrons. The van der Waals surface area contributed by atoms with Gasteiger partial charge >= 0.3 is 0 Å². The highest BCUT2D eigenvalue weighted by Gasteiger charge is 2.39. The third-order valence-electron chi connectivity index (χ3n) is 9.38. The van der Waals surface area contributed by atoms with Crippen LogP contribution in [0, 0.1) is 11.6 Å². The summed E-state index contributed by atoms with van der Waals surface area (Å²) in [4.78, 5) is 33.2. The summed E-state index contributed by atoms with van der Waals surface area (Å²) in [5.74, 6) is -1.78. The Morgan fingerprint density at radius 1 is 0.691 bits per heavy atom. The molecule has 0 aliphatic heterocycles. The van der Waals surface area contributed by atoms with Crippen molar-refractivity contribution in [3.05, 3.63) is 116 Å². The molecule has 0 spiro atoms. The van der Waals surface area contributed by atoms with E-state index in [4.69, 9.17) is 39.6 Å². The van der Waals surface area contributed by atoms with Crippen LogP contribution in [0.3, 0.4) is 0 Å².